The molecule has 1 aromatic heterocycles. The Balaban J connectivity index is 2.24. The third-order valence-corrected chi connectivity index (χ3v) is 4.18. The van der Waals surface area contributed by atoms with E-state index < -0.39 is 11.9 Å². The lowest BCUT2D eigenvalue weighted by Crippen LogP contribution is -2.27. The summed E-state index contributed by atoms with van der Waals surface area (Å²) < 4.78 is 6.35. The van der Waals surface area contributed by atoms with Gasteiger partial charge in [0.2, 0.25) is 0 Å². The minimum absolute atomic E-state index is 0.280. The van der Waals surface area contributed by atoms with Crippen molar-refractivity contribution in [1.29, 1.82) is 0 Å². The van der Waals surface area contributed by atoms with Crippen LogP contribution in [0.3, 0.4) is 0 Å². The fraction of sp³-hybridized carbons (Fsp3) is 0. The maximum absolute atomic E-state index is 12.0. The number of nitrogens with one attached hydrogen (secondary N) is 1. The second kappa shape index (κ2) is 6.73. The van der Waals surface area contributed by atoms with E-state index in [0.717, 1.165) is 0 Å². The van der Waals surface area contributed by atoms with Gasteiger partial charge >= 0.3 is 5.97 Å². The average molecular weight is 415 g/mol. The molecular weight excluding hydrogens is 406 g/mol. The molecule has 21 heavy (non-hydrogen) atoms. The molecule has 0 aliphatic rings. The summed E-state index contributed by atoms with van der Waals surface area (Å²) in [7, 11) is 0. The summed E-state index contributed by atoms with van der Waals surface area (Å²) in [5.41, 5.74) is 0.0871. The molecule has 0 saturated heterocycles. The Hall–Kier alpha value is -1.86. The molecule has 1 aromatic carbocycles. The first-order valence-corrected chi connectivity index (χ1v) is 7.32. The van der Waals surface area contributed by atoms with Crippen LogP contribution in [0.2, 0.25) is 0 Å². The van der Waals surface area contributed by atoms with Crippen LogP contribution in [-0.2, 0) is 4.79 Å². The predicted molar refractivity (Wildman–Crippen MR) is 83.6 cm³/mol. The van der Waals surface area contributed by atoms with Crippen molar-refractivity contribution >= 4 is 49.8 Å². The van der Waals surface area contributed by atoms with E-state index >= 15 is 0 Å². The Morgan fingerprint density at radius 3 is 2.38 bits per heavy atom. The molecule has 0 aliphatic carbocycles. The molecule has 0 atom stereocenters. The summed E-state index contributed by atoms with van der Waals surface area (Å²) in [5.74, 6) is -1.48. The van der Waals surface area contributed by atoms with Crippen molar-refractivity contribution in [3.05, 3.63) is 62.6 Å². The van der Waals surface area contributed by atoms with Gasteiger partial charge in [-0.2, -0.15) is 0 Å². The molecule has 0 aliphatic heterocycles. The Kier molecular flexibility index (Phi) is 4.98. The number of carboxylic acid groups (broad SMARTS) is 1. The Morgan fingerprint density at radius 2 is 1.86 bits per heavy atom. The number of furan rings is 1. The number of amides is 1. The van der Waals surface area contributed by atoms with Crippen molar-refractivity contribution in [2.45, 2.75) is 0 Å². The third-order valence-electron chi connectivity index (χ3n) is 2.47. The van der Waals surface area contributed by atoms with Gasteiger partial charge in [0.1, 0.15) is 11.5 Å². The number of rotatable bonds is 4. The summed E-state index contributed by atoms with van der Waals surface area (Å²) in [6, 6.07) is 9.92. The molecule has 0 bridgehead atoms. The van der Waals surface area contributed by atoms with Crippen LogP contribution in [-0.4, -0.2) is 17.0 Å². The molecule has 2 aromatic rings. The van der Waals surface area contributed by atoms with Gasteiger partial charge in [0.05, 0.1) is 4.47 Å². The minimum atomic E-state index is -1.26. The molecule has 0 unspecified atom stereocenters. The normalized spacial score (nSPS) is 11.2. The second-order valence-corrected chi connectivity index (χ2v) is 5.53. The lowest BCUT2D eigenvalue weighted by atomic mass is 10.2. The number of benzene rings is 1. The SMILES string of the molecule is O=C(O)C(=Cc1cc(Br)c(Br)o1)NC(=O)c1ccccc1. The van der Waals surface area contributed by atoms with Gasteiger partial charge in [-0.15, -0.1) is 0 Å². The highest BCUT2D eigenvalue weighted by Gasteiger charge is 2.14. The first-order chi connectivity index (χ1) is 9.97. The number of hydrogen-bond acceptors (Lipinski definition) is 3. The van der Waals surface area contributed by atoms with Gasteiger partial charge in [-0.1, -0.05) is 18.2 Å². The van der Waals surface area contributed by atoms with Crippen LogP contribution in [0.25, 0.3) is 6.08 Å². The molecule has 1 heterocycles. The smallest absolute Gasteiger partial charge is 0.352 e. The molecule has 5 nitrogen and oxygen atoms in total. The van der Waals surface area contributed by atoms with Gasteiger partial charge in [-0.3, -0.25) is 4.79 Å². The Bertz CT molecular complexity index is 688. The Morgan fingerprint density at radius 1 is 1.19 bits per heavy atom. The fourth-order valence-corrected chi connectivity index (χ4v) is 2.12. The van der Waals surface area contributed by atoms with Gasteiger partial charge in [-0.05, 0) is 50.1 Å². The van der Waals surface area contributed by atoms with Crippen LogP contribution in [0.4, 0.5) is 0 Å². The number of halogens is 2. The van der Waals surface area contributed by atoms with E-state index in [1.54, 1.807) is 36.4 Å². The van der Waals surface area contributed by atoms with E-state index in [0.29, 0.717) is 20.5 Å². The highest BCUT2D eigenvalue weighted by molar-refractivity contribution is 9.13. The predicted octanol–water partition coefficient (Wildman–Crippen LogP) is 3.66. The number of carboxylic acids is 1. The van der Waals surface area contributed by atoms with E-state index in [1.165, 1.54) is 6.08 Å². The molecule has 2 N–H and O–H groups in total. The van der Waals surface area contributed by atoms with E-state index in [1.807, 2.05) is 0 Å². The summed E-state index contributed by atoms with van der Waals surface area (Å²) in [6.07, 6.45) is 1.23. The molecule has 0 spiro atoms. The summed E-state index contributed by atoms with van der Waals surface area (Å²) in [4.78, 5) is 23.2. The van der Waals surface area contributed by atoms with Crippen LogP contribution in [0.5, 0.6) is 0 Å². The highest BCUT2D eigenvalue weighted by atomic mass is 79.9. The maximum Gasteiger partial charge on any atom is 0.352 e. The number of hydrogen-bond donors (Lipinski definition) is 2. The highest BCUT2D eigenvalue weighted by Crippen LogP contribution is 2.27. The van der Waals surface area contributed by atoms with Crippen LogP contribution >= 0.6 is 31.9 Å². The van der Waals surface area contributed by atoms with Gasteiger partial charge in [0.25, 0.3) is 5.91 Å². The van der Waals surface area contributed by atoms with Crippen molar-refractivity contribution < 1.29 is 19.1 Å². The molecule has 1 amide bonds. The Labute approximate surface area is 136 Å². The molecule has 0 saturated carbocycles. The zero-order valence-corrected chi connectivity index (χ0v) is 13.6. The quantitative estimate of drug-likeness (QED) is 0.748. The lowest BCUT2D eigenvalue weighted by molar-refractivity contribution is -0.132. The second-order valence-electron chi connectivity index (χ2n) is 3.95. The van der Waals surface area contributed by atoms with Crippen molar-refractivity contribution in [2.75, 3.05) is 0 Å². The average Bonchev–Trinajstić information content (AvgIpc) is 2.77. The third kappa shape index (κ3) is 4.05. The van der Waals surface area contributed by atoms with Gasteiger partial charge < -0.3 is 14.8 Å². The first kappa shape index (κ1) is 15.5. The number of aliphatic carboxylic acids is 1. The summed E-state index contributed by atoms with van der Waals surface area (Å²) in [5, 5.41) is 11.5. The lowest BCUT2D eigenvalue weighted by Gasteiger charge is -2.05. The molecule has 0 radical (unpaired) electrons. The van der Waals surface area contributed by atoms with Crippen LogP contribution < -0.4 is 5.32 Å². The van der Waals surface area contributed by atoms with Gasteiger partial charge in [0.15, 0.2) is 4.67 Å². The maximum atomic E-state index is 12.0. The minimum Gasteiger partial charge on any atom is -0.477 e. The van der Waals surface area contributed by atoms with Crippen molar-refractivity contribution in [1.82, 2.24) is 5.32 Å². The monoisotopic (exact) mass is 413 g/mol. The molecule has 108 valence electrons. The van der Waals surface area contributed by atoms with Crippen molar-refractivity contribution in [2.24, 2.45) is 0 Å². The van der Waals surface area contributed by atoms with E-state index in [-0.39, 0.29) is 5.70 Å². The van der Waals surface area contributed by atoms with E-state index in [2.05, 4.69) is 37.2 Å². The van der Waals surface area contributed by atoms with Crippen molar-refractivity contribution in [3.63, 3.8) is 0 Å². The van der Waals surface area contributed by atoms with E-state index in [9.17, 15) is 9.59 Å². The summed E-state index contributed by atoms with van der Waals surface area (Å²) >= 11 is 6.38. The van der Waals surface area contributed by atoms with E-state index in [4.69, 9.17) is 9.52 Å². The molecule has 0 fully saturated rings. The first-order valence-electron chi connectivity index (χ1n) is 5.73. The largest absolute Gasteiger partial charge is 0.477 e. The topological polar surface area (TPSA) is 79.5 Å². The van der Waals surface area contributed by atoms with Crippen molar-refractivity contribution in [3.8, 4) is 0 Å². The zero-order valence-electron chi connectivity index (χ0n) is 10.5. The van der Waals surface area contributed by atoms with Gasteiger partial charge in [-0.25, -0.2) is 4.79 Å². The van der Waals surface area contributed by atoms with Crippen LogP contribution in [0.15, 0.2) is 55.7 Å². The van der Waals surface area contributed by atoms with Crippen LogP contribution in [0, 0.1) is 0 Å². The standard InChI is InChI=1S/C14H9Br2NO4/c15-10-6-9(21-12(10)16)7-11(14(19)20)17-13(18)8-4-2-1-3-5-8/h1-7H,(H,17,18)(H,19,20). The molecule has 2 rings (SSSR count). The fourth-order valence-electron chi connectivity index (χ4n) is 1.51. The number of carbonyl (C=O) groups excluding carboxylic acids is 1. The number of carbonyl (C=O) groups is 2. The molecule has 7 heteroatoms. The van der Waals surface area contributed by atoms with Gasteiger partial charge in [0, 0.05) is 11.6 Å². The summed E-state index contributed by atoms with van der Waals surface area (Å²) in [6.45, 7) is 0. The zero-order chi connectivity index (χ0) is 15.4. The molecular formula is C14H9Br2NO4. The van der Waals surface area contributed by atoms with Crippen LogP contribution in [0.1, 0.15) is 16.1 Å².